The second kappa shape index (κ2) is 8.13. The van der Waals surface area contributed by atoms with Gasteiger partial charge in [0.1, 0.15) is 0 Å². The lowest BCUT2D eigenvalue weighted by Crippen LogP contribution is -2.05. The monoisotopic (exact) mass is 294 g/mol. The zero-order chi connectivity index (χ0) is 15.8. The number of benzene rings is 1. The molecule has 3 nitrogen and oxygen atoms in total. The molecule has 1 heterocycles. The summed E-state index contributed by atoms with van der Waals surface area (Å²) >= 11 is 0. The maximum Gasteiger partial charge on any atom is 0.221 e. The number of anilines is 1. The normalized spacial score (nSPS) is 11.3. The summed E-state index contributed by atoms with van der Waals surface area (Å²) in [6.07, 6.45) is 9.35. The maximum atomic E-state index is 11.1. The van der Waals surface area contributed by atoms with Crippen molar-refractivity contribution >= 4 is 17.2 Å². The minimum atomic E-state index is -0.0567. The summed E-state index contributed by atoms with van der Waals surface area (Å²) in [5.74, 6) is -0.0567. The molecular weight excluding hydrogens is 272 g/mol. The van der Waals surface area contributed by atoms with Gasteiger partial charge < -0.3 is 5.32 Å². The Labute approximate surface area is 132 Å². The van der Waals surface area contributed by atoms with E-state index in [0.717, 1.165) is 23.2 Å². The molecule has 0 atom stereocenters. The first-order valence-corrected chi connectivity index (χ1v) is 7.69. The number of hydrogen-bond donors (Lipinski definition) is 1. The number of pyridine rings is 1. The highest BCUT2D eigenvalue weighted by atomic mass is 16.1. The Bertz CT molecular complexity index is 630. The second-order valence-corrected chi connectivity index (χ2v) is 5.26. The molecule has 0 bridgehead atoms. The minimum absolute atomic E-state index is 0.0567. The molecule has 0 aliphatic heterocycles. The molecule has 1 aromatic heterocycles. The Hall–Kier alpha value is -2.42. The fraction of sp³-hybridized carbons (Fsp3) is 0.263. The van der Waals surface area contributed by atoms with E-state index in [-0.39, 0.29) is 5.91 Å². The number of nitrogens with one attached hydrogen (secondary N) is 1. The molecule has 0 saturated heterocycles. The predicted octanol–water partition coefficient (Wildman–Crippen LogP) is 4.66. The second-order valence-electron chi connectivity index (χ2n) is 5.26. The van der Waals surface area contributed by atoms with Crippen molar-refractivity contribution in [1.29, 1.82) is 0 Å². The number of aromatic nitrogens is 1. The zero-order valence-corrected chi connectivity index (χ0v) is 13.2. The van der Waals surface area contributed by atoms with Gasteiger partial charge in [0.15, 0.2) is 0 Å². The highest BCUT2D eigenvalue weighted by Crippen LogP contribution is 2.25. The van der Waals surface area contributed by atoms with Gasteiger partial charge >= 0.3 is 0 Å². The van der Waals surface area contributed by atoms with Crippen molar-refractivity contribution in [2.75, 3.05) is 5.32 Å². The van der Waals surface area contributed by atoms with E-state index in [9.17, 15) is 4.79 Å². The summed E-state index contributed by atoms with van der Waals surface area (Å²) in [5.41, 5.74) is 4.26. The number of nitrogens with zero attached hydrogens (tertiary/aromatic N) is 1. The van der Waals surface area contributed by atoms with Crippen LogP contribution in [0.4, 0.5) is 5.69 Å². The third-order valence-corrected chi connectivity index (χ3v) is 3.39. The Morgan fingerprint density at radius 3 is 2.55 bits per heavy atom. The molecular formula is C19H22N2O. The van der Waals surface area contributed by atoms with E-state index in [1.165, 1.54) is 25.3 Å². The van der Waals surface area contributed by atoms with E-state index in [0.29, 0.717) is 0 Å². The largest absolute Gasteiger partial charge is 0.326 e. The summed E-state index contributed by atoms with van der Waals surface area (Å²) in [6.45, 7) is 3.71. The van der Waals surface area contributed by atoms with E-state index in [1.54, 1.807) is 6.20 Å². The van der Waals surface area contributed by atoms with Gasteiger partial charge in [0, 0.05) is 30.6 Å². The van der Waals surface area contributed by atoms with Crippen molar-refractivity contribution in [3.63, 3.8) is 0 Å². The highest BCUT2D eigenvalue weighted by molar-refractivity contribution is 5.89. The lowest BCUT2D eigenvalue weighted by molar-refractivity contribution is -0.114. The Morgan fingerprint density at radius 2 is 1.95 bits per heavy atom. The first kappa shape index (κ1) is 16.0. The van der Waals surface area contributed by atoms with Gasteiger partial charge in [-0.05, 0) is 35.8 Å². The standard InChI is InChI=1S/C19H22N2O/c1-3-4-5-8-19(17-7-6-13-20-14-17)16-9-11-18(12-10-16)21-15(2)22/h6-14H,3-5H2,1-2H3,(H,21,22). The van der Waals surface area contributed by atoms with Crippen LogP contribution < -0.4 is 5.32 Å². The van der Waals surface area contributed by atoms with Crippen LogP contribution in [-0.2, 0) is 4.79 Å². The van der Waals surface area contributed by atoms with Gasteiger partial charge in [-0.15, -0.1) is 0 Å². The third kappa shape index (κ3) is 4.55. The molecule has 1 N–H and O–H groups in total. The van der Waals surface area contributed by atoms with Gasteiger partial charge in [-0.1, -0.05) is 44.0 Å². The number of amides is 1. The SMILES string of the molecule is CCCCC=C(c1ccc(NC(C)=O)cc1)c1cccnc1. The van der Waals surface area contributed by atoms with E-state index in [1.807, 2.05) is 36.5 Å². The minimum Gasteiger partial charge on any atom is -0.326 e. The number of carbonyl (C=O) groups excluding carboxylic acids is 1. The van der Waals surface area contributed by atoms with Crippen LogP contribution in [0, 0.1) is 0 Å². The van der Waals surface area contributed by atoms with Crippen molar-refractivity contribution in [3.8, 4) is 0 Å². The fourth-order valence-corrected chi connectivity index (χ4v) is 2.31. The number of carbonyl (C=O) groups is 1. The van der Waals surface area contributed by atoms with Gasteiger partial charge in [-0.25, -0.2) is 0 Å². The molecule has 1 amide bonds. The number of rotatable bonds is 6. The summed E-state index contributed by atoms with van der Waals surface area (Å²) in [6, 6.07) is 12.0. The molecule has 3 heteroatoms. The van der Waals surface area contributed by atoms with Gasteiger partial charge in [-0.3, -0.25) is 9.78 Å². The predicted molar refractivity (Wildman–Crippen MR) is 91.6 cm³/mol. The van der Waals surface area contributed by atoms with Crippen LogP contribution in [0.1, 0.15) is 44.2 Å². The molecule has 114 valence electrons. The topological polar surface area (TPSA) is 42.0 Å². The average Bonchev–Trinajstić information content (AvgIpc) is 2.53. The van der Waals surface area contributed by atoms with Crippen LogP contribution in [0.25, 0.3) is 5.57 Å². The highest BCUT2D eigenvalue weighted by Gasteiger charge is 2.05. The van der Waals surface area contributed by atoms with Crippen molar-refractivity contribution < 1.29 is 4.79 Å². The summed E-state index contributed by atoms with van der Waals surface area (Å²) in [7, 11) is 0. The van der Waals surface area contributed by atoms with Crippen molar-refractivity contribution in [1.82, 2.24) is 4.98 Å². The van der Waals surface area contributed by atoms with E-state index in [4.69, 9.17) is 0 Å². The number of unbranched alkanes of at least 4 members (excludes halogenated alkanes) is 2. The molecule has 0 spiro atoms. The molecule has 2 aromatic rings. The summed E-state index contributed by atoms with van der Waals surface area (Å²) in [4.78, 5) is 15.3. The first-order valence-electron chi connectivity index (χ1n) is 7.69. The molecule has 0 saturated carbocycles. The van der Waals surface area contributed by atoms with Crippen molar-refractivity contribution in [2.24, 2.45) is 0 Å². The quantitative estimate of drug-likeness (QED) is 0.787. The molecule has 0 aliphatic rings. The van der Waals surface area contributed by atoms with Crippen LogP contribution in [0.2, 0.25) is 0 Å². The van der Waals surface area contributed by atoms with Gasteiger partial charge in [0.25, 0.3) is 0 Å². The smallest absolute Gasteiger partial charge is 0.221 e. The molecule has 1 aromatic carbocycles. The van der Waals surface area contributed by atoms with E-state index in [2.05, 4.69) is 29.4 Å². The Balaban J connectivity index is 2.29. The van der Waals surface area contributed by atoms with Gasteiger partial charge in [0.2, 0.25) is 5.91 Å². The third-order valence-electron chi connectivity index (χ3n) is 3.39. The maximum absolute atomic E-state index is 11.1. The molecule has 0 unspecified atom stereocenters. The molecule has 0 aliphatic carbocycles. The van der Waals surface area contributed by atoms with Crippen LogP contribution in [-0.4, -0.2) is 10.9 Å². The van der Waals surface area contributed by atoms with Crippen LogP contribution in [0.5, 0.6) is 0 Å². The average molecular weight is 294 g/mol. The summed E-state index contributed by atoms with van der Waals surface area (Å²) in [5, 5.41) is 2.79. The van der Waals surface area contributed by atoms with Gasteiger partial charge in [0.05, 0.1) is 0 Å². The summed E-state index contributed by atoms with van der Waals surface area (Å²) < 4.78 is 0. The first-order chi connectivity index (χ1) is 10.7. The van der Waals surface area contributed by atoms with Crippen molar-refractivity contribution in [3.05, 3.63) is 66.0 Å². The molecule has 2 rings (SSSR count). The van der Waals surface area contributed by atoms with Crippen LogP contribution >= 0.6 is 0 Å². The van der Waals surface area contributed by atoms with Crippen LogP contribution in [0.3, 0.4) is 0 Å². The zero-order valence-electron chi connectivity index (χ0n) is 13.2. The Kier molecular flexibility index (Phi) is 5.90. The van der Waals surface area contributed by atoms with E-state index >= 15 is 0 Å². The number of hydrogen-bond acceptors (Lipinski definition) is 2. The van der Waals surface area contributed by atoms with Crippen LogP contribution in [0.15, 0.2) is 54.9 Å². The molecule has 0 radical (unpaired) electrons. The fourth-order valence-electron chi connectivity index (χ4n) is 2.31. The van der Waals surface area contributed by atoms with Gasteiger partial charge in [-0.2, -0.15) is 0 Å². The lowest BCUT2D eigenvalue weighted by Gasteiger charge is -2.10. The number of allylic oxidation sites excluding steroid dienone is 1. The van der Waals surface area contributed by atoms with E-state index < -0.39 is 0 Å². The molecule has 0 fully saturated rings. The van der Waals surface area contributed by atoms with Crippen molar-refractivity contribution in [2.45, 2.75) is 33.1 Å². The molecule has 22 heavy (non-hydrogen) atoms. The lowest BCUT2D eigenvalue weighted by atomic mass is 9.97. The Morgan fingerprint density at radius 1 is 1.18 bits per heavy atom.